The molecule has 0 radical (unpaired) electrons. The Morgan fingerprint density at radius 1 is 1.42 bits per heavy atom. The highest BCUT2D eigenvalue weighted by molar-refractivity contribution is 5.98. The molecule has 1 amide bonds. The average Bonchev–Trinajstić information content (AvgIpc) is 2.81. The van der Waals surface area contributed by atoms with Crippen LogP contribution >= 0.6 is 0 Å². The Bertz CT molecular complexity index is 538. The van der Waals surface area contributed by atoms with Crippen molar-refractivity contribution >= 4 is 11.6 Å². The van der Waals surface area contributed by atoms with Gasteiger partial charge in [-0.1, -0.05) is 17.7 Å². The average molecular weight is 262 g/mol. The second-order valence-corrected chi connectivity index (χ2v) is 4.35. The number of carbonyl (C=O) groups is 1. The number of benzene rings is 1. The minimum atomic E-state index is -0.490. The number of nitrogens with zero attached hydrogens (tertiary/aromatic N) is 1. The molecular formula is C14H15FN2O2. The minimum Gasteiger partial charge on any atom is -0.481 e. The Labute approximate surface area is 111 Å². The first-order chi connectivity index (χ1) is 9.15. The standard InChI is InChI=1S/C14H15FN2O2/c1-10-6-7-11(8-10)16-17-14(18)9-19-13-5-3-2-4-12(13)15/h2-5,8H,6-7,9H2,1H3,(H,17,18)/b16-11+. The number of allylic oxidation sites excluding steroid dienone is 2. The van der Waals surface area contributed by atoms with E-state index in [1.54, 1.807) is 12.1 Å². The van der Waals surface area contributed by atoms with Crippen molar-refractivity contribution in [3.63, 3.8) is 0 Å². The molecule has 1 aromatic rings. The monoisotopic (exact) mass is 262 g/mol. The molecule has 4 nitrogen and oxygen atoms in total. The minimum absolute atomic E-state index is 0.0573. The lowest BCUT2D eigenvalue weighted by Gasteiger charge is -2.05. The summed E-state index contributed by atoms with van der Waals surface area (Å²) in [5.74, 6) is -0.841. The molecule has 0 fully saturated rings. The summed E-state index contributed by atoms with van der Waals surface area (Å²) < 4.78 is 18.3. The number of para-hydroxylation sites is 1. The molecule has 0 saturated carbocycles. The van der Waals surface area contributed by atoms with Crippen LogP contribution in [0.2, 0.25) is 0 Å². The molecule has 0 atom stereocenters. The van der Waals surface area contributed by atoms with Crippen molar-refractivity contribution in [1.29, 1.82) is 0 Å². The fourth-order valence-electron chi connectivity index (χ4n) is 1.71. The zero-order chi connectivity index (χ0) is 13.7. The van der Waals surface area contributed by atoms with Crippen molar-refractivity contribution in [2.45, 2.75) is 19.8 Å². The third-order valence-electron chi connectivity index (χ3n) is 2.71. The summed E-state index contributed by atoms with van der Waals surface area (Å²) in [6, 6.07) is 5.95. The highest BCUT2D eigenvalue weighted by Crippen LogP contribution is 2.15. The number of hydrogen-bond donors (Lipinski definition) is 1. The van der Waals surface area contributed by atoms with Gasteiger partial charge in [0.2, 0.25) is 0 Å². The predicted molar refractivity (Wildman–Crippen MR) is 70.5 cm³/mol. The van der Waals surface area contributed by atoms with E-state index >= 15 is 0 Å². The van der Waals surface area contributed by atoms with Crippen molar-refractivity contribution in [3.8, 4) is 5.75 Å². The maximum atomic E-state index is 13.2. The van der Waals surface area contributed by atoms with Crippen LogP contribution in [0.15, 0.2) is 41.0 Å². The number of hydrogen-bond acceptors (Lipinski definition) is 3. The lowest BCUT2D eigenvalue weighted by molar-refractivity contribution is -0.123. The largest absolute Gasteiger partial charge is 0.481 e. The summed E-state index contributed by atoms with van der Waals surface area (Å²) in [5.41, 5.74) is 4.48. The van der Waals surface area contributed by atoms with Gasteiger partial charge in [0.15, 0.2) is 18.2 Å². The second-order valence-electron chi connectivity index (χ2n) is 4.35. The fraction of sp³-hybridized carbons (Fsp3) is 0.286. The maximum absolute atomic E-state index is 13.2. The van der Waals surface area contributed by atoms with Gasteiger partial charge in [-0.05, 0) is 38.0 Å². The van der Waals surface area contributed by atoms with E-state index < -0.39 is 11.7 Å². The van der Waals surface area contributed by atoms with Gasteiger partial charge in [-0.3, -0.25) is 4.79 Å². The van der Waals surface area contributed by atoms with E-state index in [9.17, 15) is 9.18 Å². The van der Waals surface area contributed by atoms with Gasteiger partial charge >= 0.3 is 0 Å². The van der Waals surface area contributed by atoms with Gasteiger partial charge in [-0.25, -0.2) is 9.82 Å². The molecule has 1 aromatic carbocycles. The zero-order valence-corrected chi connectivity index (χ0v) is 10.6. The summed E-state index contributed by atoms with van der Waals surface area (Å²) >= 11 is 0. The van der Waals surface area contributed by atoms with Crippen molar-refractivity contribution in [1.82, 2.24) is 5.43 Å². The Morgan fingerprint density at radius 2 is 2.21 bits per heavy atom. The summed E-state index contributed by atoms with van der Waals surface area (Å²) in [6.45, 7) is 1.76. The molecular weight excluding hydrogens is 247 g/mol. The number of ether oxygens (including phenoxy) is 1. The summed E-state index contributed by atoms with van der Waals surface area (Å²) in [5, 5.41) is 3.98. The Hall–Kier alpha value is -2.17. The van der Waals surface area contributed by atoms with Gasteiger partial charge in [0.25, 0.3) is 5.91 Å². The quantitative estimate of drug-likeness (QED) is 0.847. The fourth-order valence-corrected chi connectivity index (χ4v) is 1.71. The SMILES string of the molecule is CC1=C/C(=N/NC(=O)COc2ccccc2F)CC1. The molecule has 1 N–H and O–H groups in total. The highest BCUT2D eigenvalue weighted by Gasteiger charge is 2.08. The van der Waals surface area contributed by atoms with Crippen LogP contribution < -0.4 is 10.2 Å². The topological polar surface area (TPSA) is 50.7 Å². The number of carbonyl (C=O) groups excluding carboxylic acids is 1. The molecule has 100 valence electrons. The van der Waals surface area contributed by atoms with E-state index in [-0.39, 0.29) is 12.4 Å². The van der Waals surface area contributed by atoms with E-state index in [0.29, 0.717) is 0 Å². The number of amides is 1. The summed E-state index contributed by atoms with van der Waals surface area (Å²) in [6.07, 6.45) is 3.75. The van der Waals surface area contributed by atoms with Gasteiger partial charge in [0.1, 0.15) is 0 Å². The lowest BCUT2D eigenvalue weighted by Crippen LogP contribution is -2.25. The van der Waals surface area contributed by atoms with E-state index in [1.165, 1.54) is 17.7 Å². The molecule has 5 heteroatoms. The summed E-state index contributed by atoms with van der Waals surface area (Å²) in [4.78, 5) is 11.5. The molecule has 2 rings (SSSR count). The molecule has 0 aromatic heterocycles. The van der Waals surface area contributed by atoms with Gasteiger partial charge in [0, 0.05) is 0 Å². The zero-order valence-electron chi connectivity index (χ0n) is 10.6. The molecule has 0 unspecified atom stereocenters. The molecule has 0 saturated heterocycles. The first-order valence-electron chi connectivity index (χ1n) is 6.05. The van der Waals surface area contributed by atoms with Crippen LogP contribution in [0.5, 0.6) is 5.75 Å². The molecule has 0 aliphatic heterocycles. The third-order valence-corrected chi connectivity index (χ3v) is 2.71. The first kappa shape index (κ1) is 13.3. The highest BCUT2D eigenvalue weighted by atomic mass is 19.1. The molecule has 0 spiro atoms. The van der Waals surface area contributed by atoms with Crippen LogP contribution in [0, 0.1) is 5.82 Å². The van der Waals surface area contributed by atoms with Gasteiger partial charge in [0.05, 0.1) is 5.71 Å². The Kier molecular flexibility index (Phi) is 4.28. The molecule has 19 heavy (non-hydrogen) atoms. The molecule has 1 aliphatic carbocycles. The molecule has 1 aliphatic rings. The van der Waals surface area contributed by atoms with Crippen molar-refractivity contribution in [2.24, 2.45) is 5.10 Å². The van der Waals surface area contributed by atoms with Crippen molar-refractivity contribution < 1.29 is 13.9 Å². The Balaban J connectivity index is 1.81. The van der Waals surface area contributed by atoms with Gasteiger partial charge < -0.3 is 4.74 Å². The van der Waals surface area contributed by atoms with Gasteiger partial charge in [-0.15, -0.1) is 0 Å². The predicted octanol–water partition coefficient (Wildman–Crippen LogP) is 2.42. The van der Waals surface area contributed by atoms with Crippen LogP contribution in [-0.4, -0.2) is 18.2 Å². The van der Waals surface area contributed by atoms with Crippen LogP contribution in [0.3, 0.4) is 0 Å². The molecule has 0 heterocycles. The lowest BCUT2D eigenvalue weighted by atomic mass is 10.3. The molecule has 0 bridgehead atoms. The van der Waals surface area contributed by atoms with Crippen LogP contribution in [0.4, 0.5) is 4.39 Å². The number of halogens is 1. The van der Waals surface area contributed by atoms with Crippen molar-refractivity contribution in [3.05, 3.63) is 41.7 Å². The maximum Gasteiger partial charge on any atom is 0.277 e. The van der Waals surface area contributed by atoms with E-state index in [4.69, 9.17) is 4.74 Å². The number of nitrogens with one attached hydrogen (secondary N) is 1. The van der Waals surface area contributed by atoms with Crippen molar-refractivity contribution in [2.75, 3.05) is 6.61 Å². The van der Waals surface area contributed by atoms with Crippen LogP contribution in [-0.2, 0) is 4.79 Å². The first-order valence-corrected chi connectivity index (χ1v) is 6.05. The normalized spacial score (nSPS) is 16.3. The Morgan fingerprint density at radius 3 is 2.89 bits per heavy atom. The van der Waals surface area contributed by atoms with E-state index in [0.717, 1.165) is 18.6 Å². The van der Waals surface area contributed by atoms with Crippen LogP contribution in [0.1, 0.15) is 19.8 Å². The number of hydrazone groups is 1. The van der Waals surface area contributed by atoms with Gasteiger partial charge in [-0.2, -0.15) is 5.10 Å². The van der Waals surface area contributed by atoms with E-state index in [2.05, 4.69) is 10.5 Å². The second kappa shape index (κ2) is 6.13. The smallest absolute Gasteiger partial charge is 0.277 e. The van der Waals surface area contributed by atoms with E-state index in [1.807, 2.05) is 13.0 Å². The summed E-state index contributed by atoms with van der Waals surface area (Å²) in [7, 11) is 0. The number of rotatable bonds is 4. The van der Waals surface area contributed by atoms with Crippen LogP contribution in [0.25, 0.3) is 0 Å². The third kappa shape index (κ3) is 3.91.